The third-order valence-electron chi connectivity index (χ3n) is 5.83. The van der Waals surface area contributed by atoms with Gasteiger partial charge in [-0.05, 0) is 29.8 Å². The first-order chi connectivity index (χ1) is 15.1. The minimum atomic E-state index is -3.78. The van der Waals surface area contributed by atoms with Gasteiger partial charge < -0.3 is 15.0 Å². The fraction of sp³-hybridized carbons (Fsp3) is 0.250. The third-order valence-corrected chi connectivity index (χ3v) is 7.66. The van der Waals surface area contributed by atoms with Gasteiger partial charge in [0.2, 0.25) is 0 Å². The minimum Gasteiger partial charge on any atom is -0.489 e. The number of nitrogens with zero attached hydrogens (tertiary/aromatic N) is 2. The fourth-order valence-corrected chi connectivity index (χ4v) is 5.89. The summed E-state index contributed by atoms with van der Waals surface area (Å²) >= 11 is 0. The van der Waals surface area contributed by atoms with Crippen molar-refractivity contribution in [3.63, 3.8) is 0 Å². The number of hydrogen-bond acceptors (Lipinski definition) is 5. The molecule has 6 nitrogen and oxygen atoms in total. The summed E-state index contributed by atoms with van der Waals surface area (Å²) in [5, 5.41) is 3.36. The largest absolute Gasteiger partial charge is 0.489 e. The summed E-state index contributed by atoms with van der Waals surface area (Å²) < 4.78 is 35.2. The number of fused-ring (bicyclic) bond motifs is 1. The number of sulfonamides is 1. The molecule has 0 radical (unpaired) electrons. The first kappa shape index (κ1) is 19.9. The summed E-state index contributed by atoms with van der Waals surface area (Å²) in [5.74, 6) is 0.600. The molecule has 0 amide bonds. The zero-order valence-corrected chi connectivity index (χ0v) is 18.0. The predicted molar refractivity (Wildman–Crippen MR) is 122 cm³/mol. The summed E-state index contributed by atoms with van der Waals surface area (Å²) in [5.41, 5.74) is 2.53. The van der Waals surface area contributed by atoms with Crippen molar-refractivity contribution in [2.75, 3.05) is 42.0 Å². The topological polar surface area (TPSA) is 61.9 Å². The van der Waals surface area contributed by atoms with E-state index in [4.69, 9.17) is 4.74 Å². The summed E-state index contributed by atoms with van der Waals surface area (Å²) in [7, 11) is -3.78. The molecule has 3 aromatic carbocycles. The van der Waals surface area contributed by atoms with Crippen LogP contribution in [0.5, 0.6) is 5.75 Å². The van der Waals surface area contributed by atoms with Gasteiger partial charge in [0.1, 0.15) is 18.4 Å². The second-order valence-electron chi connectivity index (χ2n) is 7.74. The van der Waals surface area contributed by atoms with Gasteiger partial charge in [0.25, 0.3) is 10.0 Å². The molecule has 0 aromatic heterocycles. The van der Waals surface area contributed by atoms with Crippen molar-refractivity contribution in [3.8, 4) is 5.75 Å². The molecule has 1 N–H and O–H groups in total. The maximum atomic E-state index is 13.8. The fourth-order valence-electron chi connectivity index (χ4n) is 4.23. The van der Waals surface area contributed by atoms with Crippen LogP contribution in [0.2, 0.25) is 0 Å². The molecule has 31 heavy (non-hydrogen) atoms. The van der Waals surface area contributed by atoms with E-state index in [1.54, 1.807) is 24.3 Å². The maximum Gasteiger partial charge on any atom is 0.265 e. The van der Waals surface area contributed by atoms with Crippen LogP contribution in [0, 0.1) is 0 Å². The molecule has 1 fully saturated rings. The Morgan fingerprint density at radius 2 is 1.55 bits per heavy atom. The van der Waals surface area contributed by atoms with Crippen LogP contribution in [0.3, 0.4) is 0 Å². The Bertz CT molecular complexity index is 1150. The van der Waals surface area contributed by atoms with Crippen LogP contribution in [0.25, 0.3) is 0 Å². The van der Waals surface area contributed by atoms with Crippen LogP contribution in [-0.2, 0) is 10.0 Å². The molecular weight excluding hydrogens is 410 g/mol. The van der Waals surface area contributed by atoms with Crippen LogP contribution < -0.4 is 19.3 Å². The number of nitrogens with one attached hydrogen (secondary N) is 1. The maximum absolute atomic E-state index is 13.8. The number of benzene rings is 3. The highest BCUT2D eigenvalue weighted by atomic mass is 32.2. The van der Waals surface area contributed by atoms with Crippen molar-refractivity contribution in [3.05, 3.63) is 84.4 Å². The van der Waals surface area contributed by atoms with Gasteiger partial charge >= 0.3 is 0 Å². The lowest BCUT2D eigenvalue weighted by atomic mass is 10.1. The monoisotopic (exact) mass is 435 g/mol. The molecule has 0 aliphatic carbocycles. The Labute approximate surface area is 183 Å². The zero-order chi connectivity index (χ0) is 21.3. The lowest BCUT2D eigenvalue weighted by Gasteiger charge is -2.38. The smallest absolute Gasteiger partial charge is 0.265 e. The van der Waals surface area contributed by atoms with Crippen LogP contribution in [0.4, 0.5) is 11.4 Å². The molecule has 5 rings (SSSR count). The number of anilines is 2. The van der Waals surface area contributed by atoms with E-state index < -0.39 is 16.1 Å². The van der Waals surface area contributed by atoms with Gasteiger partial charge in [-0.1, -0.05) is 48.5 Å². The standard InChI is InChI=1S/C24H25N3O3S/c28-31(29,21-9-5-2-6-10-21)27-22-12-11-20(26-15-13-25-14-16-26)17-24(22)30-18-23(27)19-7-3-1-4-8-19/h1-12,17,23,25H,13-16,18H2. The van der Waals surface area contributed by atoms with Crippen LogP contribution in [0.15, 0.2) is 83.8 Å². The highest BCUT2D eigenvalue weighted by molar-refractivity contribution is 7.92. The second-order valence-corrected chi connectivity index (χ2v) is 9.56. The van der Waals surface area contributed by atoms with E-state index in [9.17, 15) is 8.42 Å². The molecule has 0 bridgehead atoms. The Morgan fingerprint density at radius 3 is 2.26 bits per heavy atom. The summed E-state index contributed by atoms with van der Waals surface area (Å²) in [6, 6.07) is 23.7. The number of hydrogen-bond donors (Lipinski definition) is 1. The van der Waals surface area contributed by atoms with Gasteiger partial charge in [0.05, 0.1) is 10.6 Å². The van der Waals surface area contributed by atoms with E-state index in [0.717, 1.165) is 37.4 Å². The van der Waals surface area contributed by atoms with Crippen molar-refractivity contribution in [1.82, 2.24) is 5.32 Å². The van der Waals surface area contributed by atoms with E-state index in [-0.39, 0.29) is 11.5 Å². The normalized spacial score (nSPS) is 18.9. The lowest BCUT2D eigenvalue weighted by Crippen LogP contribution is -2.44. The van der Waals surface area contributed by atoms with Gasteiger partial charge in [-0.25, -0.2) is 8.42 Å². The second kappa shape index (κ2) is 8.24. The Balaban J connectivity index is 1.60. The van der Waals surface area contributed by atoms with Gasteiger partial charge in [0.15, 0.2) is 0 Å². The molecule has 1 unspecified atom stereocenters. The van der Waals surface area contributed by atoms with Crippen LogP contribution in [0.1, 0.15) is 11.6 Å². The third kappa shape index (κ3) is 3.75. The van der Waals surface area contributed by atoms with Gasteiger partial charge in [-0.15, -0.1) is 0 Å². The van der Waals surface area contributed by atoms with Gasteiger partial charge in [-0.3, -0.25) is 4.31 Å². The molecule has 1 saturated heterocycles. The summed E-state index contributed by atoms with van der Waals surface area (Å²) in [6.45, 7) is 3.95. The molecule has 0 saturated carbocycles. The van der Waals surface area contributed by atoms with Crippen molar-refractivity contribution in [2.45, 2.75) is 10.9 Å². The van der Waals surface area contributed by atoms with Gasteiger partial charge in [-0.2, -0.15) is 0 Å². The predicted octanol–water partition coefficient (Wildman–Crippen LogP) is 3.43. The van der Waals surface area contributed by atoms with E-state index >= 15 is 0 Å². The average molecular weight is 436 g/mol. The number of ether oxygens (including phenoxy) is 1. The van der Waals surface area contributed by atoms with E-state index in [2.05, 4.69) is 10.2 Å². The first-order valence-electron chi connectivity index (χ1n) is 10.5. The van der Waals surface area contributed by atoms with Crippen molar-refractivity contribution < 1.29 is 13.2 Å². The molecule has 7 heteroatoms. The van der Waals surface area contributed by atoms with Gasteiger partial charge in [0, 0.05) is 37.9 Å². The van der Waals surface area contributed by atoms with E-state index in [1.165, 1.54) is 4.31 Å². The highest BCUT2D eigenvalue weighted by Crippen LogP contribution is 2.44. The highest BCUT2D eigenvalue weighted by Gasteiger charge is 2.38. The Hall–Kier alpha value is -3.03. The van der Waals surface area contributed by atoms with Crippen molar-refractivity contribution in [1.29, 1.82) is 0 Å². The Kier molecular flexibility index (Phi) is 5.29. The molecule has 3 aromatic rings. The molecule has 2 aliphatic heterocycles. The van der Waals surface area contributed by atoms with E-state index in [0.29, 0.717) is 11.4 Å². The molecule has 0 spiro atoms. The zero-order valence-electron chi connectivity index (χ0n) is 17.1. The van der Waals surface area contributed by atoms with Crippen molar-refractivity contribution in [2.24, 2.45) is 0 Å². The van der Waals surface area contributed by atoms with Crippen LogP contribution >= 0.6 is 0 Å². The lowest BCUT2D eigenvalue weighted by molar-refractivity contribution is 0.275. The van der Waals surface area contributed by atoms with Crippen LogP contribution in [-0.4, -0.2) is 41.2 Å². The first-order valence-corrected chi connectivity index (χ1v) is 12.0. The molecule has 1 atom stereocenters. The Morgan fingerprint density at radius 1 is 0.871 bits per heavy atom. The molecular formula is C24H25N3O3S. The molecule has 160 valence electrons. The molecule has 2 heterocycles. The molecule has 2 aliphatic rings. The summed E-state index contributed by atoms with van der Waals surface area (Å²) in [4.78, 5) is 2.56. The summed E-state index contributed by atoms with van der Waals surface area (Å²) in [6.07, 6.45) is 0. The SMILES string of the molecule is O=S(=O)(c1ccccc1)N1c2ccc(N3CCNCC3)cc2OCC1c1ccccc1. The number of rotatable bonds is 4. The average Bonchev–Trinajstić information content (AvgIpc) is 2.84. The number of piperazine rings is 1. The quantitative estimate of drug-likeness (QED) is 0.680. The minimum absolute atomic E-state index is 0.258. The van der Waals surface area contributed by atoms with E-state index in [1.807, 2.05) is 54.6 Å². The van der Waals surface area contributed by atoms with Crippen molar-refractivity contribution >= 4 is 21.4 Å².